The van der Waals surface area contributed by atoms with Crippen LogP contribution in [0, 0.1) is 0 Å². The molecule has 3 aromatic carbocycles. The second kappa shape index (κ2) is 8.34. The molecule has 0 aliphatic rings. The van der Waals surface area contributed by atoms with Gasteiger partial charge in [-0.15, -0.1) is 0 Å². The summed E-state index contributed by atoms with van der Waals surface area (Å²) in [6.45, 7) is 0. The van der Waals surface area contributed by atoms with Gasteiger partial charge in [-0.2, -0.15) is 0 Å². The van der Waals surface area contributed by atoms with Crippen molar-refractivity contribution in [1.29, 1.82) is 0 Å². The molecule has 0 bridgehead atoms. The molecular weight excluding hydrogens is 310 g/mol. The highest BCUT2D eigenvalue weighted by atomic mass is 16.5. The standard InChI is InChI=1S/C22H23NO2/c1-25-22(24)21(16-7-11-17-9-3-2-4-10-17)23-20-15-8-13-18-12-5-6-14-19(18)20/h2-6,8-10,12-15,21,23H,7,11,16H2,1H3. The molecule has 0 heterocycles. The molecule has 3 aromatic rings. The fourth-order valence-electron chi connectivity index (χ4n) is 3.09. The summed E-state index contributed by atoms with van der Waals surface area (Å²) < 4.78 is 5.00. The van der Waals surface area contributed by atoms with E-state index >= 15 is 0 Å². The van der Waals surface area contributed by atoms with E-state index in [2.05, 4.69) is 35.6 Å². The van der Waals surface area contributed by atoms with Gasteiger partial charge in [-0.1, -0.05) is 66.7 Å². The number of benzene rings is 3. The first-order chi connectivity index (χ1) is 12.3. The number of fused-ring (bicyclic) bond motifs is 1. The predicted molar refractivity (Wildman–Crippen MR) is 103 cm³/mol. The number of nitrogens with one attached hydrogen (secondary N) is 1. The molecule has 0 radical (unpaired) electrons. The minimum atomic E-state index is -0.348. The van der Waals surface area contributed by atoms with Crippen molar-refractivity contribution in [3.8, 4) is 0 Å². The molecule has 0 amide bonds. The fraction of sp³-hybridized carbons (Fsp3) is 0.227. The lowest BCUT2D eigenvalue weighted by molar-refractivity contribution is -0.141. The lowest BCUT2D eigenvalue weighted by Crippen LogP contribution is -2.30. The molecule has 25 heavy (non-hydrogen) atoms. The highest BCUT2D eigenvalue weighted by Gasteiger charge is 2.19. The van der Waals surface area contributed by atoms with Crippen LogP contribution in [-0.4, -0.2) is 19.1 Å². The lowest BCUT2D eigenvalue weighted by atomic mass is 10.0. The Labute approximate surface area is 148 Å². The number of carbonyl (C=O) groups is 1. The molecule has 0 spiro atoms. The number of ether oxygens (including phenoxy) is 1. The molecule has 0 aromatic heterocycles. The zero-order valence-electron chi connectivity index (χ0n) is 14.4. The summed E-state index contributed by atoms with van der Waals surface area (Å²) >= 11 is 0. The van der Waals surface area contributed by atoms with Gasteiger partial charge in [0.2, 0.25) is 0 Å². The summed E-state index contributed by atoms with van der Waals surface area (Å²) in [7, 11) is 1.44. The van der Waals surface area contributed by atoms with Crippen LogP contribution in [0.25, 0.3) is 10.8 Å². The molecule has 3 nitrogen and oxygen atoms in total. The Hall–Kier alpha value is -2.81. The van der Waals surface area contributed by atoms with Gasteiger partial charge in [-0.05, 0) is 36.3 Å². The van der Waals surface area contributed by atoms with Gasteiger partial charge in [0.1, 0.15) is 6.04 Å². The SMILES string of the molecule is COC(=O)C(CCCc1ccccc1)Nc1cccc2ccccc12. The summed E-state index contributed by atoms with van der Waals surface area (Å²) in [6, 6.07) is 24.2. The maximum Gasteiger partial charge on any atom is 0.328 e. The largest absolute Gasteiger partial charge is 0.467 e. The molecule has 3 rings (SSSR count). The van der Waals surface area contributed by atoms with E-state index in [0.29, 0.717) is 0 Å². The number of aryl methyl sites for hydroxylation is 1. The number of hydrogen-bond donors (Lipinski definition) is 1. The quantitative estimate of drug-likeness (QED) is 0.630. The third-order valence-electron chi connectivity index (χ3n) is 4.41. The fourth-order valence-corrected chi connectivity index (χ4v) is 3.09. The molecule has 1 atom stereocenters. The highest BCUT2D eigenvalue weighted by molar-refractivity contribution is 5.95. The van der Waals surface area contributed by atoms with E-state index in [1.54, 1.807) is 0 Å². The van der Waals surface area contributed by atoms with Crippen molar-refractivity contribution in [3.63, 3.8) is 0 Å². The summed E-state index contributed by atoms with van der Waals surface area (Å²) in [5.41, 5.74) is 2.25. The van der Waals surface area contributed by atoms with Gasteiger partial charge in [0.15, 0.2) is 0 Å². The van der Waals surface area contributed by atoms with Crippen LogP contribution in [0.15, 0.2) is 72.8 Å². The molecule has 0 aliphatic carbocycles. The number of hydrogen-bond acceptors (Lipinski definition) is 3. The average molecular weight is 333 g/mol. The van der Waals surface area contributed by atoms with Crippen LogP contribution < -0.4 is 5.32 Å². The first-order valence-corrected chi connectivity index (χ1v) is 8.64. The molecule has 0 saturated heterocycles. The van der Waals surface area contributed by atoms with Crippen molar-refractivity contribution in [1.82, 2.24) is 0 Å². The average Bonchev–Trinajstić information content (AvgIpc) is 2.67. The summed E-state index contributed by atoms with van der Waals surface area (Å²) in [5, 5.41) is 5.65. The van der Waals surface area contributed by atoms with E-state index in [4.69, 9.17) is 4.74 Å². The van der Waals surface area contributed by atoms with Crippen molar-refractivity contribution in [2.45, 2.75) is 25.3 Å². The number of rotatable bonds is 7. The van der Waals surface area contributed by atoms with Crippen LogP contribution >= 0.6 is 0 Å². The van der Waals surface area contributed by atoms with Gasteiger partial charge in [0.05, 0.1) is 7.11 Å². The van der Waals surface area contributed by atoms with Crippen LogP contribution in [0.5, 0.6) is 0 Å². The maximum atomic E-state index is 12.2. The van der Waals surface area contributed by atoms with E-state index in [9.17, 15) is 4.79 Å². The molecule has 0 saturated carbocycles. The third-order valence-corrected chi connectivity index (χ3v) is 4.41. The van der Waals surface area contributed by atoms with Crippen molar-refractivity contribution < 1.29 is 9.53 Å². The Kier molecular flexibility index (Phi) is 5.68. The Bertz CT molecular complexity index is 824. The van der Waals surface area contributed by atoms with Gasteiger partial charge in [-0.3, -0.25) is 0 Å². The van der Waals surface area contributed by atoms with Gasteiger partial charge in [0, 0.05) is 11.1 Å². The van der Waals surface area contributed by atoms with Gasteiger partial charge >= 0.3 is 5.97 Å². The van der Waals surface area contributed by atoms with Crippen LogP contribution in [0.2, 0.25) is 0 Å². The van der Waals surface area contributed by atoms with Crippen LogP contribution in [0.3, 0.4) is 0 Å². The van der Waals surface area contributed by atoms with Gasteiger partial charge in [-0.25, -0.2) is 4.79 Å². The first-order valence-electron chi connectivity index (χ1n) is 8.64. The van der Waals surface area contributed by atoms with Gasteiger partial charge < -0.3 is 10.1 Å². The highest BCUT2D eigenvalue weighted by Crippen LogP contribution is 2.24. The van der Waals surface area contributed by atoms with E-state index in [-0.39, 0.29) is 12.0 Å². The minimum Gasteiger partial charge on any atom is -0.467 e. The van der Waals surface area contributed by atoms with Crippen molar-refractivity contribution in [2.24, 2.45) is 0 Å². The van der Waals surface area contributed by atoms with Crippen LogP contribution in [-0.2, 0) is 16.0 Å². The van der Waals surface area contributed by atoms with Crippen molar-refractivity contribution >= 4 is 22.4 Å². The topological polar surface area (TPSA) is 38.3 Å². The number of methoxy groups -OCH3 is 1. The second-order valence-corrected chi connectivity index (χ2v) is 6.12. The number of carbonyl (C=O) groups excluding carboxylic acids is 1. The van der Waals surface area contributed by atoms with Crippen molar-refractivity contribution in [3.05, 3.63) is 78.4 Å². The predicted octanol–water partition coefficient (Wildman–Crippen LogP) is 4.82. The molecule has 0 aliphatic heterocycles. The smallest absolute Gasteiger partial charge is 0.328 e. The summed E-state index contributed by atoms with van der Waals surface area (Å²) in [5.74, 6) is -0.221. The lowest BCUT2D eigenvalue weighted by Gasteiger charge is -2.19. The molecular formula is C22H23NO2. The maximum absolute atomic E-state index is 12.2. The van der Waals surface area contributed by atoms with E-state index < -0.39 is 0 Å². The zero-order valence-corrected chi connectivity index (χ0v) is 14.4. The number of esters is 1. The van der Waals surface area contributed by atoms with Crippen molar-refractivity contribution in [2.75, 3.05) is 12.4 Å². The minimum absolute atomic E-state index is 0.221. The third kappa shape index (κ3) is 4.38. The first kappa shape index (κ1) is 17.0. The van der Waals surface area contributed by atoms with E-state index in [0.717, 1.165) is 35.7 Å². The molecule has 3 heteroatoms. The van der Waals surface area contributed by atoms with E-state index in [1.165, 1.54) is 12.7 Å². The second-order valence-electron chi connectivity index (χ2n) is 6.12. The Balaban J connectivity index is 1.71. The number of anilines is 1. The Morgan fingerprint density at radius 1 is 0.960 bits per heavy atom. The Morgan fingerprint density at radius 2 is 1.68 bits per heavy atom. The Morgan fingerprint density at radius 3 is 2.48 bits per heavy atom. The monoisotopic (exact) mass is 333 g/mol. The zero-order chi connectivity index (χ0) is 17.5. The van der Waals surface area contributed by atoms with Gasteiger partial charge in [0.25, 0.3) is 0 Å². The van der Waals surface area contributed by atoms with E-state index in [1.807, 2.05) is 42.5 Å². The molecule has 1 N–H and O–H groups in total. The van der Waals surface area contributed by atoms with Crippen LogP contribution in [0.1, 0.15) is 18.4 Å². The molecule has 1 unspecified atom stereocenters. The molecule has 128 valence electrons. The van der Waals surface area contributed by atoms with Crippen LogP contribution in [0.4, 0.5) is 5.69 Å². The normalized spacial score (nSPS) is 11.9. The summed E-state index contributed by atoms with van der Waals surface area (Å²) in [6.07, 6.45) is 2.60. The molecule has 0 fully saturated rings. The summed E-state index contributed by atoms with van der Waals surface area (Å²) in [4.78, 5) is 12.2.